The van der Waals surface area contributed by atoms with Gasteiger partial charge in [0.2, 0.25) is 0 Å². The number of nitrogen functional groups attached to an aromatic ring is 1. The highest BCUT2D eigenvalue weighted by Gasteiger charge is 2.19. The molecule has 0 amide bonds. The molecule has 8 heteroatoms. The van der Waals surface area contributed by atoms with Crippen molar-refractivity contribution in [2.24, 2.45) is 0 Å². The zero-order valence-corrected chi connectivity index (χ0v) is 20.7. The fraction of sp³-hybridized carbons (Fsp3) is 0.185. The second-order valence-electron chi connectivity index (χ2n) is 7.36. The largest absolute Gasteiger partial charge is 0.492 e. The second-order valence-corrected chi connectivity index (χ2v) is 7.63. The van der Waals surface area contributed by atoms with Gasteiger partial charge in [0, 0.05) is 17.8 Å². The summed E-state index contributed by atoms with van der Waals surface area (Å²) in [5.74, 6) is 2.23. The third-order valence-electron chi connectivity index (χ3n) is 5.24. The molecule has 0 aliphatic heterocycles. The number of rotatable bonds is 6. The average molecular weight is 487 g/mol. The molecule has 0 aliphatic rings. The Morgan fingerprint density at radius 3 is 2.34 bits per heavy atom. The molecule has 0 radical (unpaired) electrons. The molecule has 0 bridgehead atoms. The predicted octanol–water partition coefficient (Wildman–Crippen LogP) is 6.29. The smallest absolute Gasteiger partial charge is 0.165 e. The van der Waals surface area contributed by atoms with E-state index in [1.54, 1.807) is 12.4 Å². The molecule has 178 valence electrons. The molecule has 5 aromatic rings. The van der Waals surface area contributed by atoms with Crippen molar-refractivity contribution in [3.8, 4) is 34.2 Å². The molecule has 0 unspecified atom stereocenters. The number of alkyl halides is 1. The number of imidazole rings is 1. The van der Waals surface area contributed by atoms with E-state index >= 15 is 0 Å². The molecule has 0 atom stereocenters. The number of fused-ring (bicyclic) bond motifs is 1. The highest BCUT2D eigenvalue weighted by Crippen LogP contribution is 2.31. The Hall–Kier alpha value is -3.97. The molecule has 7 nitrogen and oxygen atoms in total. The van der Waals surface area contributed by atoms with Crippen LogP contribution in [0, 0.1) is 0 Å². The normalized spacial score (nSPS) is 10.6. The molecule has 2 N–H and O–H groups in total. The summed E-state index contributed by atoms with van der Waals surface area (Å²) < 4.78 is 7.49. The maximum absolute atomic E-state index is 6.20. The van der Waals surface area contributed by atoms with Gasteiger partial charge in [-0.3, -0.25) is 9.55 Å². The lowest BCUT2D eigenvalue weighted by Gasteiger charge is -2.11. The van der Waals surface area contributed by atoms with Gasteiger partial charge in [-0.2, -0.15) is 0 Å². The Labute approximate surface area is 209 Å². The Bertz CT molecular complexity index is 1410. The zero-order chi connectivity index (χ0) is 24.8. The van der Waals surface area contributed by atoms with E-state index < -0.39 is 0 Å². The van der Waals surface area contributed by atoms with Crippen molar-refractivity contribution >= 4 is 28.6 Å². The van der Waals surface area contributed by atoms with Gasteiger partial charge >= 0.3 is 0 Å². The lowest BCUT2D eigenvalue weighted by atomic mass is 10.2. The van der Waals surface area contributed by atoms with Crippen LogP contribution in [0.4, 0.5) is 5.82 Å². The first-order valence-corrected chi connectivity index (χ1v) is 12.1. The third kappa shape index (κ3) is 4.95. The second kappa shape index (κ2) is 11.0. The maximum Gasteiger partial charge on any atom is 0.165 e. The van der Waals surface area contributed by atoms with Crippen molar-refractivity contribution in [2.75, 3.05) is 12.3 Å². The van der Waals surface area contributed by atoms with Gasteiger partial charge in [-0.1, -0.05) is 26.0 Å². The summed E-state index contributed by atoms with van der Waals surface area (Å²) in [4.78, 5) is 18.5. The topological polar surface area (TPSA) is 91.7 Å². The van der Waals surface area contributed by atoms with E-state index in [9.17, 15) is 0 Å². The highest BCUT2D eigenvalue weighted by atomic mass is 35.5. The van der Waals surface area contributed by atoms with Crippen LogP contribution >= 0.6 is 11.6 Å². The minimum Gasteiger partial charge on any atom is -0.492 e. The lowest BCUT2D eigenvalue weighted by Crippen LogP contribution is -2.02. The van der Waals surface area contributed by atoms with Crippen LogP contribution in [0.25, 0.3) is 39.6 Å². The molecular weight excluding hydrogens is 460 g/mol. The number of hydrogen-bond acceptors (Lipinski definition) is 6. The van der Waals surface area contributed by atoms with Crippen molar-refractivity contribution in [1.82, 2.24) is 24.5 Å². The van der Waals surface area contributed by atoms with Crippen LogP contribution in [0.5, 0.6) is 5.75 Å². The van der Waals surface area contributed by atoms with Crippen molar-refractivity contribution in [3.63, 3.8) is 0 Å². The molecule has 0 saturated carbocycles. The van der Waals surface area contributed by atoms with E-state index in [4.69, 9.17) is 32.0 Å². The number of nitrogens with zero attached hydrogens (tertiary/aromatic N) is 5. The fourth-order valence-electron chi connectivity index (χ4n) is 3.65. The Kier molecular flexibility index (Phi) is 7.57. The predicted molar refractivity (Wildman–Crippen MR) is 142 cm³/mol. The first-order chi connectivity index (χ1) is 17.2. The minimum atomic E-state index is 0.403. The summed E-state index contributed by atoms with van der Waals surface area (Å²) in [5, 5.41) is 0. The van der Waals surface area contributed by atoms with E-state index in [1.165, 1.54) is 0 Å². The first kappa shape index (κ1) is 24.2. The summed E-state index contributed by atoms with van der Waals surface area (Å²) in [6.07, 6.45) is 3.36. The zero-order valence-electron chi connectivity index (χ0n) is 19.9. The number of pyridine rings is 3. The van der Waals surface area contributed by atoms with Crippen LogP contribution in [0.15, 0.2) is 73.1 Å². The van der Waals surface area contributed by atoms with Gasteiger partial charge in [0.1, 0.15) is 17.1 Å². The fourth-order valence-corrected chi connectivity index (χ4v) is 3.83. The van der Waals surface area contributed by atoms with Gasteiger partial charge < -0.3 is 10.5 Å². The maximum atomic E-state index is 6.20. The van der Waals surface area contributed by atoms with Crippen molar-refractivity contribution < 1.29 is 4.74 Å². The molecule has 0 fully saturated rings. The van der Waals surface area contributed by atoms with Crippen LogP contribution in [0.3, 0.4) is 0 Å². The molecule has 0 aliphatic carbocycles. The number of halogens is 1. The molecule has 5 rings (SSSR count). The molecule has 0 saturated heterocycles. The Balaban J connectivity index is 0.00000141. The Morgan fingerprint density at radius 2 is 1.69 bits per heavy atom. The van der Waals surface area contributed by atoms with Crippen LogP contribution < -0.4 is 10.5 Å². The summed E-state index contributed by atoms with van der Waals surface area (Å²) >= 11 is 5.99. The quantitative estimate of drug-likeness (QED) is 0.283. The van der Waals surface area contributed by atoms with Gasteiger partial charge in [0.25, 0.3) is 0 Å². The molecule has 0 spiro atoms. The first-order valence-electron chi connectivity index (χ1n) is 11.5. The summed E-state index contributed by atoms with van der Waals surface area (Å²) in [6, 6.07) is 19.4. The Morgan fingerprint density at radius 1 is 0.914 bits per heavy atom. The van der Waals surface area contributed by atoms with E-state index in [1.807, 2.05) is 86.0 Å². The number of ether oxygens (including phenoxy) is 1. The van der Waals surface area contributed by atoms with E-state index in [2.05, 4.69) is 9.97 Å². The van der Waals surface area contributed by atoms with E-state index in [0.717, 1.165) is 39.5 Å². The van der Waals surface area contributed by atoms with Crippen LogP contribution in [0.1, 0.15) is 26.3 Å². The summed E-state index contributed by atoms with van der Waals surface area (Å²) in [6.45, 7) is 6.53. The number of benzene rings is 1. The van der Waals surface area contributed by atoms with Crippen molar-refractivity contribution in [1.29, 1.82) is 0 Å². The summed E-state index contributed by atoms with van der Waals surface area (Å²) in [5.41, 5.74) is 11.8. The van der Waals surface area contributed by atoms with Crippen molar-refractivity contribution in [2.45, 2.75) is 26.7 Å². The van der Waals surface area contributed by atoms with Crippen LogP contribution in [-0.2, 0) is 5.88 Å². The van der Waals surface area contributed by atoms with Gasteiger partial charge in [-0.15, -0.1) is 11.6 Å². The monoisotopic (exact) mass is 486 g/mol. The highest BCUT2D eigenvalue weighted by molar-refractivity contribution is 6.17. The van der Waals surface area contributed by atoms with Gasteiger partial charge in [0.05, 0.1) is 29.8 Å². The van der Waals surface area contributed by atoms with Crippen LogP contribution in [-0.4, -0.2) is 31.1 Å². The van der Waals surface area contributed by atoms with Gasteiger partial charge in [-0.05, 0) is 61.0 Å². The number of anilines is 1. The van der Waals surface area contributed by atoms with E-state index in [0.29, 0.717) is 29.8 Å². The molecule has 1 aromatic carbocycles. The molecule has 35 heavy (non-hydrogen) atoms. The van der Waals surface area contributed by atoms with E-state index in [-0.39, 0.29) is 0 Å². The number of aromatic nitrogens is 5. The molecule has 4 heterocycles. The average Bonchev–Trinajstić information content (AvgIpc) is 3.29. The SMILES string of the molecule is CC.CCOc1ccc(-c2ccc3nc(-c4cccnc4N)n(-c4ccc(CCl)cc4)c3n2)nc1. The standard InChI is InChI=1S/C25H21ClN6O.C2H6/c1-2-33-18-9-10-20(29-15-18)21-11-12-22-25(30-21)32(17-7-5-16(14-26)6-8-17)24(31-22)19-4-3-13-28-23(19)27;1-2/h3-13,15H,2,14H2,1H3,(H2,27,28);1-2H3. The van der Waals surface area contributed by atoms with Gasteiger partial charge in [-0.25, -0.2) is 15.0 Å². The molecule has 4 aromatic heterocycles. The number of nitrogens with two attached hydrogens (primary N) is 1. The van der Waals surface area contributed by atoms with Gasteiger partial charge in [0.15, 0.2) is 11.5 Å². The summed E-state index contributed by atoms with van der Waals surface area (Å²) in [7, 11) is 0. The minimum absolute atomic E-state index is 0.403. The molecular formula is C27H27ClN6O. The number of hydrogen-bond donors (Lipinski definition) is 1. The third-order valence-corrected chi connectivity index (χ3v) is 5.55. The van der Waals surface area contributed by atoms with Crippen molar-refractivity contribution in [3.05, 3.63) is 78.6 Å². The lowest BCUT2D eigenvalue weighted by molar-refractivity contribution is 0.339. The van der Waals surface area contributed by atoms with Crippen LogP contribution in [0.2, 0.25) is 0 Å².